The average Bonchev–Trinajstić information content (AvgIpc) is 2.68. The zero-order chi connectivity index (χ0) is 12.5. The van der Waals surface area contributed by atoms with Crippen LogP contribution in [0.2, 0.25) is 5.02 Å². The number of nitrogens with one attached hydrogen (secondary N) is 1. The standard InChI is InChI=1S/C12H14ClNO3/c1-12(4-5-17-7-12)14-10-3-2-8(11(15)16)6-9(10)13/h2-3,6,14H,4-5,7H2,1H3,(H,15,16). The van der Waals surface area contributed by atoms with E-state index in [0.717, 1.165) is 18.7 Å². The zero-order valence-corrected chi connectivity index (χ0v) is 10.3. The second-order valence-electron chi connectivity index (χ2n) is 4.49. The number of ether oxygens (including phenoxy) is 1. The Morgan fingerprint density at radius 3 is 2.88 bits per heavy atom. The van der Waals surface area contributed by atoms with Crippen molar-refractivity contribution in [3.05, 3.63) is 28.8 Å². The van der Waals surface area contributed by atoms with Gasteiger partial charge in [-0.1, -0.05) is 11.6 Å². The van der Waals surface area contributed by atoms with Crippen molar-refractivity contribution in [2.24, 2.45) is 0 Å². The van der Waals surface area contributed by atoms with E-state index in [1.54, 1.807) is 6.07 Å². The maximum atomic E-state index is 10.8. The van der Waals surface area contributed by atoms with E-state index in [-0.39, 0.29) is 11.1 Å². The van der Waals surface area contributed by atoms with Gasteiger partial charge in [0.15, 0.2) is 0 Å². The Kier molecular flexibility index (Phi) is 3.26. The molecule has 1 fully saturated rings. The lowest BCUT2D eigenvalue weighted by Gasteiger charge is -2.25. The first-order valence-corrected chi connectivity index (χ1v) is 5.77. The monoisotopic (exact) mass is 255 g/mol. The molecule has 5 heteroatoms. The average molecular weight is 256 g/mol. The van der Waals surface area contributed by atoms with Crippen LogP contribution >= 0.6 is 11.6 Å². The number of carbonyl (C=O) groups is 1. The van der Waals surface area contributed by atoms with Crippen molar-refractivity contribution in [3.63, 3.8) is 0 Å². The second kappa shape index (κ2) is 4.55. The van der Waals surface area contributed by atoms with Crippen LogP contribution in [0.15, 0.2) is 18.2 Å². The summed E-state index contributed by atoms with van der Waals surface area (Å²) in [6, 6.07) is 4.68. The van der Waals surface area contributed by atoms with Crippen LogP contribution < -0.4 is 5.32 Å². The number of aromatic carboxylic acids is 1. The number of anilines is 1. The summed E-state index contributed by atoms with van der Waals surface area (Å²) in [6.45, 7) is 3.42. The summed E-state index contributed by atoms with van der Waals surface area (Å²) in [4.78, 5) is 10.8. The van der Waals surface area contributed by atoms with Crippen molar-refractivity contribution in [2.45, 2.75) is 18.9 Å². The molecule has 0 saturated carbocycles. The number of benzene rings is 1. The molecule has 2 rings (SSSR count). The predicted octanol–water partition coefficient (Wildman–Crippen LogP) is 2.63. The van der Waals surface area contributed by atoms with Crippen molar-refractivity contribution < 1.29 is 14.6 Å². The van der Waals surface area contributed by atoms with Gasteiger partial charge in [0.2, 0.25) is 0 Å². The third-order valence-electron chi connectivity index (χ3n) is 2.87. The van der Waals surface area contributed by atoms with Gasteiger partial charge in [-0.3, -0.25) is 0 Å². The molecule has 2 N–H and O–H groups in total. The van der Waals surface area contributed by atoms with Crippen LogP contribution in [0.4, 0.5) is 5.69 Å². The van der Waals surface area contributed by atoms with Crippen molar-refractivity contribution in [1.29, 1.82) is 0 Å². The first kappa shape index (κ1) is 12.2. The second-order valence-corrected chi connectivity index (χ2v) is 4.90. The molecule has 1 aromatic carbocycles. The van der Waals surface area contributed by atoms with Gasteiger partial charge in [0.05, 0.1) is 28.4 Å². The van der Waals surface area contributed by atoms with Crippen molar-refractivity contribution in [2.75, 3.05) is 18.5 Å². The van der Waals surface area contributed by atoms with Gasteiger partial charge < -0.3 is 15.2 Å². The Hall–Kier alpha value is -1.26. The highest BCUT2D eigenvalue weighted by Crippen LogP contribution is 2.29. The quantitative estimate of drug-likeness (QED) is 0.872. The lowest BCUT2D eigenvalue weighted by atomic mass is 10.0. The Labute approximate surface area is 105 Å². The Morgan fingerprint density at radius 1 is 1.59 bits per heavy atom. The lowest BCUT2D eigenvalue weighted by Crippen LogP contribution is -2.35. The Bertz CT molecular complexity index is 441. The number of rotatable bonds is 3. The minimum atomic E-state index is -0.978. The highest BCUT2D eigenvalue weighted by atomic mass is 35.5. The van der Waals surface area contributed by atoms with E-state index >= 15 is 0 Å². The minimum Gasteiger partial charge on any atom is -0.478 e. The molecule has 1 heterocycles. The van der Waals surface area contributed by atoms with Gasteiger partial charge in [-0.05, 0) is 31.5 Å². The van der Waals surface area contributed by atoms with Gasteiger partial charge in [-0.2, -0.15) is 0 Å². The SMILES string of the molecule is CC1(Nc2ccc(C(=O)O)cc2Cl)CCOC1. The number of carboxylic acids is 1. The van der Waals surface area contributed by atoms with Gasteiger partial charge in [0, 0.05) is 6.61 Å². The molecular weight excluding hydrogens is 242 g/mol. The third-order valence-corrected chi connectivity index (χ3v) is 3.18. The van der Waals surface area contributed by atoms with E-state index in [0.29, 0.717) is 11.6 Å². The molecule has 0 spiro atoms. The van der Waals surface area contributed by atoms with Gasteiger partial charge in [-0.15, -0.1) is 0 Å². The third kappa shape index (κ3) is 2.70. The van der Waals surface area contributed by atoms with Crippen LogP contribution in [0.25, 0.3) is 0 Å². The Balaban J connectivity index is 2.19. The van der Waals surface area contributed by atoms with E-state index in [2.05, 4.69) is 12.2 Å². The number of halogens is 1. The van der Waals surface area contributed by atoms with Gasteiger partial charge >= 0.3 is 5.97 Å². The Morgan fingerprint density at radius 2 is 2.35 bits per heavy atom. The van der Waals surface area contributed by atoms with E-state index in [9.17, 15) is 4.79 Å². The normalized spacial score (nSPS) is 23.6. The van der Waals surface area contributed by atoms with E-state index < -0.39 is 5.97 Å². The highest BCUT2D eigenvalue weighted by Gasteiger charge is 2.29. The van der Waals surface area contributed by atoms with Gasteiger partial charge in [0.1, 0.15) is 0 Å². The first-order chi connectivity index (χ1) is 8.00. The fraction of sp³-hybridized carbons (Fsp3) is 0.417. The van der Waals surface area contributed by atoms with E-state index in [1.165, 1.54) is 12.1 Å². The predicted molar refractivity (Wildman–Crippen MR) is 65.9 cm³/mol. The van der Waals surface area contributed by atoms with Crippen molar-refractivity contribution in [3.8, 4) is 0 Å². The molecule has 0 bridgehead atoms. The van der Waals surface area contributed by atoms with Crippen LogP contribution in [0, 0.1) is 0 Å². The molecule has 1 unspecified atom stereocenters. The largest absolute Gasteiger partial charge is 0.478 e. The molecule has 4 nitrogen and oxygen atoms in total. The summed E-state index contributed by atoms with van der Waals surface area (Å²) in [6.07, 6.45) is 0.907. The van der Waals surface area contributed by atoms with Crippen molar-refractivity contribution >= 4 is 23.3 Å². The number of hydrogen-bond donors (Lipinski definition) is 2. The maximum absolute atomic E-state index is 10.8. The number of carboxylic acid groups (broad SMARTS) is 1. The topological polar surface area (TPSA) is 58.6 Å². The molecule has 1 saturated heterocycles. The molecule has 1 atom stereocenters. The molecule has 0 radical (unpaired) electrons. The van der Waals surface area contributed by atoms with Crippen molar-refractivity contribution in [1.82, 2.24) is 0 Å². The van der Waals surface area contributed by atoms with Crippen LogP contribution in [-0.2, 0) is 4.74 Å². The van der Waals surface area contributed by atoms with Gasteiger partial charge in [-0.25, -0.2) is 4.79 Å². The fourth-order valence-corrected chi connectivity index (χ4v) is 2.07. The van der Waals surface area contributed by atoms with Crippen LogP contribution in [0.5, 0.6) is 0 Å². The summed E-state index contributed by atoms with van der Waals surface area (Å²) in [5.74, 6) is -0.978. The molecule has 0 aromatic heterocycles. The molecular formula is C12H14ClNO3. The van der Waals surface area contributed by atoms with Gasteiger partial charge in [0.25, 0.3) is 0 Å². The molecule has 1 aromatic rings. The lowest BCUT2D eigenvalue weighted by molar-refractivity contribution is 0.0697. The first-order valence-electron chi connectivity index (χ1n) is 5.39. The summed E-state index contributed by atoms with van der Waals surface area (Å²) >= 11 is 6.05. The van der Waals surface area contributed by atoms with Crippen LogP contribution in [0.3, 0.4) is 0 Å². The molecule has 92 valence electrons. The molecule has 17 heavy (non-hydrogen) atoms. The maximum Gasteiger partial charge on any atom is 0.335 e. The molecule has 0 aliphatic carbocycles. The summed E-state index contributed by atoms with van der Waals surface area (Å²) in [5.41, 5.74) is 0.798. The molecule has 1 aliphatic rings. The van der Waals surface area contributed by atoms with E-state index in [1.807, 2.05) is 0 Å². The molecule has 0 amide bonds. The minimum absolute atomic E-state index is 0.131. The van der Waals surface area contributed by atoms with Crippen LogP contribution in [-0.4, -0.2) is 29.8 Å². The number of hydrogen-bond acceptors (Lipinski definition) is 3. The summed E-state index contributed by atoms with van der Waals surface area (Å²) in [5, 5.41) is 12.6. The molecule has 1 aliphatic heterocycles. The fourth-order valence-electron chi connectivity index (χ4n) is 1.84. The summed E-state index contributed by atoms with van der Waals surface area (Å²) in [7, 11) is 0. The summed E-state index contributed by atoms with van der Waals surface area (Å²) < 4.78 is 5.33. The van der Waals surface area contributed by atoms with E-state index in [4.69, 9.17) is 21.4 Å². The zero-order valence-electron chi connectivity index (χ0n) is 9.50. The van der Waals surface area contributed by atoms with Crippen LogP contribution in [0.1, 0.15) is 23.7 Å². The smallest absolute Gasteiger partial charge is 0.335 e. The highest BCUT2D eigenvalue weighted by molar-refractivity contribution is 6.33.